The summed E-state index contributed by atoms with van der Waals surface area (Å²) in [7, 11) is 9.99. The van der Waals surface area contributed by atoms with Gasteiger partial charge in [-0.25, -0.2) is 8.42 Å². The van der Waals surface area contributed by atoms with Gasteiger partial charge in [-0.3, -0.25) is 19.1 Å². The highest BCUT2D eigenvalue weighted by Crippen LogP contribution is 2.47. The molecule has 18 aromatic rings. The Kier molecular flexibility index (Phi) is 30.1. The topological polar surface area (TPSA) is 435 Å². The minimum atomic E-state index is -3.95. The number of fused-ring (bicyclic) bond motifs is 6. The fourth-order valence-corrected chi connectivity index (χ4v) is 17.8. The number of rotatable bonds is 32. The van der Waals surface area contributed by atoms with Crippen molar-refractivity contribution in [3.05, 3.63) is 344 Å². The van der Waals surface area contributed by atoms with Crippen LogP contribution in [0.3, 0.4) is 0 Å². The number of methoxy groups -OCH3 is 9. The van der Waals surface area contributed by atoms with Crippen molar-refractivity contribution in [1.82, 2.24) is 18.3 Å². The van der Waals surface area contributed by atoms with Crippen LogP contribution in [0.2, 0.25) is 0 Å². The van der Waals surface area contributed by atoms with E-state index in [1.165, 1.54) is 38.0 Å². The van der Waals surface area contributed by atoms with Gasteiger partial charge in [0, 0.05) is 91.5 Å². The molecule has 0 atom stereocenters. The quantitative estimate of drug-likeness (QED) is 0.0182. The molecule has 4 heterocycles. The van der Waals surface area contributed by atoms with Gasteiger partial charge >= 0.3 is 0 Å². The van der Waals surface area contributed by atoms with Gasteiger partial charge in [0.15, 0.2) is 22.7 Å². The van der Waals surface area contributed by atoms with E-state index in [1.807, 2.05) is 121 Å². The number of nitrogens with one attached hydrogen (secondary N) is 4. The molecule has 141 heavy (non-hydrogen) atoms. The summed E-state index contributed by atoms with van der Waals surface area (Å²) in [5, 5.41) is 68.6. The van der Waals surface area contributed by atoms with Crippen LogP contribution in [0, 0.1) is 19.6 Å². The van der Waals surface area contributed by atoms with Crippen molar-refractivity contribution < 1.29 is 85.9 Å². The van der Waals surface area contributed by atoms with Gasteiger partial charge in [0.25, 0.3) is 21.8 Å². The maximum absolute atomic E-state index is 13.3. The number of aromatic hydroxyl groups is 4. The molecular formula is C106H94N12O22S. The van der Waals surface area contributed by atoms with Crippen LogP contribution in [-0.4, -0.2) is 129 Å². The molecule has 0 spiro atoms. The second-order valence-electron chi connectivity index (χ2n) is 32.0. The van der Waals surface area contributed by atoms with Gasteiger partial charge in [-0.1, -0.05) is 109 Å². The number of carbonyl (C=O) groups excluding carboxylic acids is 3. The summed E-state index contributed by atoms with van der Waals surface area (Å²) in [5.41, 5.74) is 8.66. The molecule has 8 N–H and O–H groups in total. The molecule has 0 radical (unpaired) electrons. The standard InChI is InChI=1S/C28H23N3O5.C27H23N3O6S.C26H25N3O5.C25H23N3O6/c1-35-20-12-17(13-21(15-20)36-2)16-31-25-11-10-19(14-24(25)26(30-34)28(31)33)29-27(32)23-9-5-7-18-6-3-4-8-22(18)23;1-35-20-12-17(13-21(15-20)36-2)16-30-24-11-10-19(14-23(24)26(28-32)27(30)31)29-37(33,34)25-9-5-7-18-6-3-4-8-22(18)25;1-33-20-12-18(13-21(15-20)34-2)16-29-23-10-9-19(14-22(23)25(28-32)26(29)31)27-24(30)11-8-17-6-4-3-5-7-17;1-32-18-6-4-5-16(11-18)24(29)26-17-7-8-22-21(12-17)23(27-31)25(30)28(22)14-15-9-19(33-2)13-20(10-15)34-3/h3-15,33H,16H2,1-2H3,(H,29,32);3-15,29,31H,16H2,1-2H3;3-7,9-10,12-15,31H,8,11,16H2,1-2H3,(H,27,30);4-13,30H,14H2,1-3H3,(H,26,29). The van der Waals surface area contributed by atoms with Crippen molar-refractivity contribution in [3.63, 3.8) is 0 Å². The number of sulfonamides is 1. The number of ether oxygens (including phenoxy) is 9. The summed E-state index contributed by atoms with van der Waals surface area (Å²) >= 11 is 0. The Hall–Kier alpha value is -18.3. The first-order chi connectivity index (χ1) is 68.3. The highest BCUT2D eigenvalue weighted by Gasteiger charge is 2.27. The summed E-state index contributed by atoms with van der Waals surface area (Å²) in [6, 6.07) is 83.3. The minimum absolute atomic E-state index is 0.0785. The van der Waals surface area contributed by atoms with Crippen LogP contribution in [0.5, 0.6) is 75.3 Å². The molecule has 0 saturated carbocycles. The molecule has 18 rings (SSSR count). The fraction of sp³-hybridized carbons (Fsp3) is 0.142. The molecule has 14 aromatic carbocycles. The number of nitroso groups, excluding NO2 is 4. The Balaban J connectivity index is 0.000000142. The summed E-state index contributed by atoms with van der Waals surface area (Å²) in [5.74, 6) is 3.45. The van der Waals surface area contributed by atoms with E-state index in [0.717, 1.165) is 44.0 Å². The lowest BCUT2D eigenvalue weighted by molar-refractivity contribution is -0.116. The predicted octanol–water partition coefficient (Wildman–Crippen LogP) is 22.4. The SMILES string of the molecule is COc1cc(Cn2c(O)c(N=O)c3cc(NC(=O)CCc4ccccc4)ccc32)cc(OC)c1.COc1cc(Cn2c(O)c(N=O)c3cc(NC(=O)c4cccc(OC)c4)ccc32)cc(OC)c1.COc1cc(Cn2c(O)c(N=O)c3cc(NC(=O)c4cccc5ccccc45)ccc32)cc(OC)c1.COc1cc(Cn2c(O)c(N=O)c3cc(NS(=O)(=O)c4cccc5ccccc45)ccc32)cc(OC)c1. The maximum Gasteiger partial charge on any atom is 0.262 e. The van der Waals surface area contributed by atoms with Crippen LogP contribution in [0.25, 0.3) is 65.2 Å². The third-order valence-corrected chi connectivity index (χ3v) is 24.8. The van der Waals surface area contributed by atoms with E-state index >= 15 is 0 Å². The molecular weight excluding hydrogens is 1830 g/mol. The summed E-state index contributed by atoms with van der Waals surface area (Å²) < 4.78 is 83.1. The monoisotopic (exact) mass is 1920 g/mol. The normalized spacial score (nSPS) is 11.0. The predicted molar refractivity (Wildman–Crippen MR) is 542 cm³/mol. The van der Waals surface area contributed by atoms with Gasteiger partial charge in [-0.05, 0) is 223 Å². The first kappa shape index (κ1) is 97.3. The van der Waals surface area contributed by atoms with E-state index < -0.39 is 10.0 Å². The minimum Gasteiger partial charge on any atom is -0.497 e. The van der Waals surface area contributed by atoms with Crippen LogP contribution in [-0.2, 0) is 47.4 Å². The molecule has 0 aliphatic rings. The van der Waals surface area contributed by atoms with Crippen LogP contribution in [0.15, 0.2) is 311 Å². The van der Waals surface area contributed by atoms with Crippen LogP contribution >= 0.6 is 0 Å². The number of aryl methyl sites for hydroxylation is 1. The van der Waals surface area contributed by atoms with Crippen molar-refractivity contribution in [1.29, 1.82) is 0 Å². The second-order valence-corrected chi connectivity index (χ2v) is 33.6. The average Bonchev–Trinajstić information content (AvgIpc) is 1.64. The Morgan fingerprint density at radius 3 is 1.00 bits per heavy atom. The molecule has 0 aliphatic carbocycles. The zero-order valence-corrected chi connectivity index (χ0v) is 78.3. The molecule has 4 aromatic heterocycles. The van der Waals surface area contributed by atoms with E-state index in [4.69, 9.17) is 42.6 Å². The summed E-state index contributed by atoms with van der Waals surface area (Å²) in [4.78, 5) is 84.8. The number of anilines is 4. The molecule has 0 fully saturated rings. The number of carbonyl (C=O) groups is 3. The fourth-order valence-electron chi connectivity index (χ4n) is 16.5. The van der Waals surface area contributed by atoms with Gasteiger partial charge in [0.05, 0.1) is 117 Å². The smallest absolute Gasteiger partial charge is 0.262 e. The van der Waals surface area contributed by atoms with E-state index in [1.54, 1.807) is 208 Å². The van der Waals surface area contributed by atoms with Gasteiger partial charge in [0.1, 0.15) is 51.7 Å². The van der Waals surface area contributed by atoms with Gasteiger partial charge in [0.2, 0.25) is 29.4 Å². The van der Waals surface area contributed by atoms with Gasteiger partial charge in [-0.15, -0.1) is 19.6 Å². The van der Waals surface area contributed by atoms with Crippen molar-refractivity contribution in [2.75, 3.05) is 84.7 Å². The van der Waals surface area contributed by atoms with Crippen LogP contribution in [0.4, 0.5) is 45.5 Å². The number of amides is 3. The summed E-state index contributed by atoms with van der Waals surface area (Å²) in [6.45, 7) is 0.925. The van der Waals surface area contributed by atoms with Gasteiger partial charge < -0.3 is 97.3 Å². The molecule has 0 unspecified atom stereocenters. The highest BCUT2D eigenvalue weighted by atomic mass is 32.2. The highest BCUT2D eigenvalue weighted by molar-refractivity contribution is 7.93. The van der Waals surface area contributed by atoms with Crippen molar-refractivity contribution in [2.24, 2.45) is 20.7 Å². The van der Waals surface area contributed by atoms with E-state index in [2.05, 4.69) is 41.4 Å². The van der Waals surface area contributed by atoms with Crippen molar-refractivity contribution in [3.8, 4) is 75.3 Å². The maximum atomic E-state index is 13.3. The number of hydrogen-bond acceptors (Lipinski definition) is 26. The molecule has 716 valence electrons. The molecule has 0 bridgehead atoms. The largest absolute Gasteiger partial charge is 0.497 e. The lowest BCUT2D eigenvalue weighted by atomic mass is 10.0. The zero-order chi connectivity index (χ0) is 99.7. The Morgan fingerprint density at radius 1 is 0.298 bits per heavy atom. The lowest BCUT2D eigenvalue weighted by Crippen LogP contribution is -2.13. The van der Waals surface area contributed by atoms with Crippen LogP contribution in [0.1, 0.15) is 55.0 Å². The van der Waals surface area contributed by atoms with Crippen LogP contribution < -0.4 is 63.3 Å². The Morgan fingerprint density at radius 2 is 0.617 bits per heavy atom. The molecule has 0 aliphatic heterocycles. The molecule has 34 nitrogen and oxygen atoms in total. The lowest BCUT2D eigenvalue weighted by Gasteiger charge is -2.12. The molecule has 3 amide bonds. The van der Waals surface area contributed by atoms with Crippen molar-refractivity contribution >= 4 is 138 Å². The zero-order valence-electron chi connectivity index (χ0n) is 77.5. The third-order valence-electron chi connectivity index (χ3n) is 23.4. The van der Waals surface area contributed by atoms with E-state index in [-0.39, 0.29) is 101 Å². The number of benzene rings is 14. The first-order valence-corrected chi connectivity index (χ1v) is 45.0. The summed E-state index contributed by atoms with van der Waals surface area (Å²) in [6.07, 6.45) is 0.946. The third kappa shape index (κ3) is 21.7. The van der Waals surface area contributed by atoms with E-state index in [9.17, 15) is 62.9 Å². The Labute approximate surface area is 806 Å². The average molecular weight is 1920 g/mol. The van der Waals surface area contributed by atoms with Gasteiger partial charge in [-0.2, -0.15) is 0 Å². The second kappa shape index (κ2) is 43.6. The number of nitrogens with zero attached hydrogens (tertiary/aromatic N) is 8. The Bertz CT molecular complexity index is 7830. The van der Waals surface area contributed by atoms with E-state index in [0.29, 0.717) is 142 Å². The number of aromatic nitrogens is 4. The van der Waals surface area contributed by atoms with Crippen molar-refractivity contribution in [2.45, 2.75) is 43.9 Å². The molecule has 0 saturated heterocycles. The first-order valence-electron chi connectivity index (χ1n) is 43.6. The molecule has 35 heteroatoms. The number of hydrogen-bond donors (Lipinski definition) is 8.